The molecule has 2 aliphatic rings. The van der Waals surface area contributed by atoms with Crippen LogP contribution in [0.3, 0.4) is 0 Å². The van der Waals surface area contributed by atoms with E-state index in [2.05, 4.69) is 4.72 Å². The van der Waals surface area contributed by atoms with E-state index < -0.39 is 70.6 Å². The predicted octanol–water partition coefficient (Wildman–Crippen LogP) is 1.80. The van der Waals surface area contributed by atoms with E-state index >= 15 is 0 Å². The number of benzene rings is 3. The minimum atomic E-state index is -3.28. The summed E-state index contributed by atoms with van der Waals surface area (Å²) in [7, 11) is -3.28. The molecular formula is C34H39FN2O11S. The van der Waals surface area contributed by atoms with E-state index in [0.717, 1.165) is 11.8 Å². The third-order valence-corrected chi connectivity index (χ3v) is 9.46. The van der Waals surface area contributed by atoms with Crippen molar-refractivity contribution in [1.29, 1.82) is 0 Å². The molecule has 264 valence electrons. The fourth-order valence-electron chi connectivity index (χ4n) is 6.09. The molecule has 49 heavy (non-hydrogen) atoms. The van der Waals surface area contributed by atoms with Crippen molar-refractivity contribution < 1.29 is 57.4 Å². The van der Waals surface area contributed by atoms with Crippen molar-refractivity contribution >= 4 is 27.6 Å². The van der Waals surface area contributed by atoms with Crippen molar-refractivity contribution in [3.05, 3.63) is 95.3 Å². The summed E-state index contributed by atoms with van der Waals surface area (Å²) in [6, 6.07) is 18.9. The van der Waals surface area contributed by atoms with Crippen LogP contribution in [0.15, 0.2) is 72.8 Å². The Morgan fingerprint density at radius 2 is 1.63 bits per heavy atom. The fraction of sp³-hybridized carbons (Fsp3) is 0.412. The minimum Gasteiger partial charge on any atom is -0.479 e. The Hall–Kier alpha value is -3.96. The van der Waals surface area contributed by atoms with Gasteiger partial charge in [-0.3, -0.25) is 4.79 Å². The first-order valence-electron chi connectivity index (χ1n) is 15.7. The van der Waals surface area contributed by atoms with Gasteiger partial charge < -0.3 is 39.9 Å². The maximum atomic E-state index is 13.6. The average Bonchev–Trinajstić information content (AvgIpc) is 3.06. The van der Waals surface area contributed by atoms with Crippen molar-refractivity contribution in [2.45, 2.75) is 68.5 Å². The first kappa shape index (κ1) is 36.3. The van der Waals surface area contributed by atoms with Gasteiger partial charge in [0.05, 0.1) is 24.3 Å². The van der Waals surface area contributed by atoms with E-state index in [1.807, 2.05) is 24.3 Å². The molecule has 15 heteroatoms. The number of nitrogens with zero attached hydrogens (tertiary/aromatic N) is 1. The van der Waals surface area contributed by atoms with Gasteiger partial charge in [0.25, 0.3) is 0 Å². The number of sulfonamides is 1. The maximum absolute atomic E-state index is 13.6. The highest BCUT2D eigenvalue weighted by molar-refractivity contribution is 7.88. The van der Waals surface area contributed by atoms with Crippen LogP contribution < -0.4 is 14.4 Å². The van der Waals surface area contributed by atoms with E-state index in [1.54, 1.807) is 17.0 Å². The Bertz CT molecular complexity index is 1710. The van der Waals surface area contributed by atoms with E-state index in [0.29, 0.717) is 42.6 Å². The maximum Gasteiger partial charge on any atom is 0.335 e. The second-order valence-corrected chi connectivity index (χ2v) is 14.1. The zero-order chi connectivity index (χ0) is 35.5. The first-order chi connectivity index (χ1) is 23.2. The largest absolute Gasteiger partial charge is 0.479 e. The number of carboxylic acids is 1. The van der Waals surface area contributed by atoms with Crippen molar-refractivity contribution in [1.82, 2.24) is 4.72 Å². The number of rotatable bonds is 14. The van der Waals surface area contributed by atoms with Gasteiger partial charge >= 0.3 is 5.97 Å². The monoisotopic (exact) mass is 702 g/mol. The summed E-state index contributed by atoms with van der Waals surface area (Å²) in [5, 5.41) is 50.5. The Morgan fingerprint density at radius 3 is 2.24 bits per heavy atom. The summed E-state index contributed by atoms with van der Waals surface area (Å²) in [6.07, 6.45) is -6.88. The molecule has 2 aliphatic heterocycles. The van der Waals surface area contributed by atoms with Crippen LogP contribution >= 0.6 is 0 Å². The number of hydrogen-bond donors (Lipinski definition) is 6. The van der Waals surface area contributed by atoms with Crippen molar-refractivity contribution in [3.8, 4) is 5.75 Å². The molecule has 3 aromatic rings. The summed E-state index contributed by atoms with van der Waals surface area (Å²) >= 11 is 0. The molecule has 13 nitrogen and oxygen atoms in total. The third-order valence-electron chi connectivity index (χ3n) is 8.73. The topological polar surface area (TPSA) is 203 Å². The molecule has 2 heterocycles. The smallest absolute Gasteiger partial charge is 0.335 e. The predicted molar refractivity (Wildman–Crippen MR) is 173 cm³/mol. The van der Waals surface area contributed by atoms with Crippen LogP contribution in [0, 0.1) is 11.7 Å². The van der Waals surface area contributed by atoms with Crippen LogP contribution in [-0.4, -0.2) is 89.3 Å². The number of carbonyl (C=O) groups excluding carboxylic acids is 1. The van der Waals surface area contributed by atoms with Gasteiger partial charge in [-0.15, -0.1) is 0 Å². The number of anilines is 1. The van der Waals surface area contributed by atoms with Gasteiger partial charge in [0.15, 0.2) is 6.10 Å². The van der Waals surface area contributed by atoms with Gasteiger partial charge in [0.1, 0.15) is 29.9 Å². The molecule has 1 unspecified atom stereocenters. The molecule has 1 amide bonds. The molecule has 2 saturated heterocycles. The van der Waals surface area contributed by atoms with Crippen LogP contribution in [0.25, 0.3) is 0 Å². The molecule has 0 bridgehead atoms. The molecule has 6 N–H and O–H groups in total. The molecule has 0 radical (unpaired) electrons. The van der Waals surface area contributed by atoms with Crippen LogP contribution in [0.4, 0.5) is 10.1 Å². The molecule has 0 aliphatic carbocycles. The fourth-order valence-corrected chi connectivity index (χ4v) is 6.60. The standard InChI is InChI=1S/C34H39FN2O11S/c1-49(45,46)36-18-2-3-19-4-12-23(13-5-19)37-27(25(32(37)42)16-17-26(38)20-6-10-22(35)11-7-20)21-8-14-24(15-9-21)47-34-30(41)28(39)29(40)31(48-34)33(43)44/h4-15,25-31,34,36,38-41H,2-3,16-18H2,1H3,(H,43,44)/t25-,26+,27?,28+,29+,30-,31+,34-/m1/s1. The van der Waals surface area contributed by atoms with E-state index in [1.165, 1.54) is 36.4 Å². The number of aliphatic carboxylic acids is 1. The minimum absolute atomic E-state index is 0.160. The summed E-state index contributed by atoms with van der Waals surface area (Å²) in [6.45, 7) is 0.299. The number of carbonyl (C=O) groups is 2. The Kier molecular flexibility index (Phi) is 11.3. The SMILES string of the molecule is CS(=O)(=O)NCCCc1ccc(N2C(=O)[C@H](CC[C@H](O)c3ccc(F)cc3)C2c2ccc(O[C@@H]3O[C@H](C(=O)O)[C@@H](O)[C@H](O)[C@H]3O)cc2)cc1. The number of hydrogen-bond acceptors (Lipinski definition) is 10. The van der Waals surface area contributed by atoms with E-state index in [4.69, 9.17) is 9.47 Å². The number of aliphatic hydroxyl groups excluding tert-OH is 4. The Morgan fingerprint density at radius 1 is 0.980 bits per heavy atom. The highest BCUT2D eigenvalue weighted by Crippen LogP contribution is 2.46. The van der Waals surface area contributed by atoms with Crippen LogP contribution in [0.1, 0.15) is 48.1 Å². The summed E-state index contributed by atoms with van der Waals surface area (Å²) in [4.78, 5) is 26.7. The molecule has 2 fully saturated rings. The molecule has 0 saturated carbocycles. The number of ether oxygens (including phenoxy) is 2. The lowest BCUT2D eigenvalue weighted by atomic mass is 9.78. The number of aryl methyl sites for hydroxylation is 1. The van der Waals surface area contributed by atoms with Gasteiger partial charge in [-0.1, -0.05) is 36.4 Å². The molecule has 0 spiro atoms. The van der Waals surface area contributed by atoms with Crippen LogP contribution in [0.5, 0.6) is 5.75 Å². The molecule has 8 atom stereocenters. The number of aliphatic hydroxyl groups is 4. The lowest BCUT2D eigenvalue weighted by Gasteiger charge is -2.48. The van der Waals surface area contributed by atoms with E-state index in [9.17, 15) is 47.9 Å². The summed E-state index contributed by atoms with van der Waals surface area (Å²) in [5.74, 6) is -2.47. The molecule has 0 aromatic heterocycles. The van der Waals surface area contributed by atoms with Gasteiger partial charge in [-0.25, -0.2) is 22.3 Å². The van der Waals surface area contributed by atoms with Gasteiger partial charge in [0, 0.05) is 12.2 Å². The average molecular weight is 703 g/mol. The summed E-state index contributed by atoms with van der Waals surface area (Å²) < 4.78 is 49.3. The van der Waals surface area contributed by atoms with E-state index in [-0.39, 0.29) is 18.1 Å². The zero-order valence-electron chi connectivity index (χ0n) is 26.5. The number of β-lactam (4-membered cyclic amide) rings is 1. The third kappa shape index (κ3) is 8.62. The Balaban J connectivity index is 1.32. The lowest BCUT2D eigenvalue weighted by molar-refractivity contribution is -0.271. The van der Waals surface area contributed by atoms with Crippen LogP contribution in [0.2, 0.25) is 0 Å². The lowest BCUT2D eigenvalue weighted by Crippen LogP contribution is -2.61. The van der Waals surface area contributed by atoms with Crippen molar-refractivity contribution in [3.63, 3.8) is 0 Å². The quantitative estimate of drug-likeness (QED) is 0.106. The summed E-state index contributed by atoms with van der Waals surface area (Å²) in [5.41, 5.74) is 2.84. The second kappa shape index (κ2) is 15.3. The van der Waals surface area contributed by atoms with Crippen molar-refractivity contribution in [2.75, 3.05) is 17.7 Å². The number of amides is 1. The van der Waals surface area contributed by atoms with Crippen molar-refractivity contribution in [2.24, 2.45) is 5.92 Å². The highest BCUT2D eigenvalue weighted by Gasteiger charge is 2.49. The van der Waals surface area contributed by atoms with Gasteiger partial charge in [0.2, 0.25) is 22.2 Å². The second-order valence-electron chi connectivity index (χ2n) is 12.3. The molecular weight excluding hydrogens is 663 g/mol. The van der Waals surface area contributed by atoms with Crippen LogP contribution in [-0.2, 0) is 30.8 Å². The molecule has 5 rings (SSSR count). The highest BCUT2D eigenvalue weighted by atomic mass is 32.2. The van der Waals surface area contributed by atoms with Gasteiger partial charge in [-0.2, -0.15) is 0 Å². The number of nitrogens with one attached hydrogen (secondary N) is 1. The number of halogens is 1. The zero-order valence-corrected chi connectivity index (χ0v) is 27.3. The van der Waals surface area contributed by atoms with Gasteiger partial charge in [-0.05, 0) is 78.8 Å². The molecule has 3 aromatic carbocycles. The Labute approximate surface area is 282 Å². The number of carboxylic acid groups (broad SMARTS) is 1. The normalized spacial score (nSPS) is 26.2. The first-order valence-corrected chi connectivity index (χ1v) is 17.6.